The first kappa shape index (κ1) is 18.5. The Morgan fingerprint density at radius 3 is 2.42 bits per heavy atom. The smallest absolute Gasteiger partial charge is 0.264 e. The molecule has 1 aliphatic carbocycles. The summed E-state index contributed by atoms with van der Waals surface area (Å²) in [4.78, 5) is 12.7. The second kappa shape index (κ2) is 8.29. The predicted molar refractivity (Wildman–Crippen MR) is 96.0 cm³/mol. The molecule has 0 spiro atoms. The number of benzene rings is 1. The molecule has 1 aromatic carbocycles. The quantitative estimate of drug-likeness (QED) is 0.627. The van der Waals surface area contributed by atoms with Gasteiger partial charge in [0.25, 0.3) is 15.9 Å². The van der Waals surface area contributed by atoms with Crippen LogP contribution in [-0.2, 0) is 14.8 Å². The van der Waals surface area contributed by atoms with Gasteiger partial charge >= 0.3 is 0 Å². The molecule has 2 rings (SSSR count). The molecule has 130 valence electrons. The van der Waals surface area contributed by atoms with E-state index in [2.05, 4.69) is 11.3 Å². The molecule has 1 aromatic rings. The SMILES string of the molecule is C=CC/C=C(\C(=O)NS(=O)(=O)c1ccc(C)cc1)C1CCCCC1. The second-order valence-corrected chi connectivity index (χ2v) is 7.95. The van der Waals surface area contributed by atoms with Crippen LogP contribution in [0.2, 0.25) is 0 Å². The lowest BCUT2D eigenvalue weighted by atomic mass is 9.83. The van der Waals surface area contributed by atoms with Crippen molar-refractivity contribution in [2.75, 3.05) is 0 Å². The van der Waals surface area contributed by atoms with Gasteiger partial charge in [-0.25, -0.2) is 13.1 Å². The third kappa shape index (κ3) is 4.81. The fourth-order valence-corrected chi connectivity index (χ4v) is 4.00. The number of carbonyl (C=O) groups is 1. The first-order valence-electron chi connectivity index (χ1n) is 8.39. The maximum atomic E-state index is 12.6. The number of aryl methyl sites for hydroxylation is 1. The number of allylic oxidation sites excluding steroid dienone is 2. The number of nitrogens with one attached hydrogen (secondary N) is 1. The minimum absolute atomic E-state index is 0.105. The van der Waals surface area contributed by atoms with Crippen molar-refractivity contribution in [1.82, 2.24) is 4.72 Å². The van der Waals surface area contributed by atoms with Crippen LogP contribution in [0.15, 0.2) is 53.5 Å². The first-order valence-corrected chi connectivity index (χ1v) is 9.87. The Kier molecular flexibility index (Phi) is 6.37. The first-order chi connectivity index (χ1) is 11.4. The minimum Gasteiger partial charge on any atom is -0.269 e. The van der Waals surface area contributed by atoms with E-state index in [1.165, 1.54) is 18.6 Å². The summed E-state index contributed by atoms with van der Waals surface area (Å²) in [5.41, 5.74) is 1.54. The van der Waals surface area contributed by atoms with Crippen molar-refractivity contribution in [2.24, 2.45) is 5.92 Å². The van der Waals surface area contributed by atoms with Gasteiger partial charge in [0.1, 0.15) is 0 Å². The largest absolute Gasteiger partial charge is 0.269 e. The minimum atomic E-state index is -3.85. The van der Waals surface area contributed by atoms with Crippen LogP contribution in [0.3, 0.4) is 0 Å². The zero-order valence-electron chi connectivity index (χ0n) is 14.1. The molecule has 5 heteroatoms. The van der Waals surface area contributed by atoms with E-state index in [9.17, 15) is 13.2 Å². The average Bonchev–Trinajstić information content (AvgIpc) is 2.56. The molecule has 0 aromatic heterocycles. The molecule has 0 unspecified atom stereocenters. The van der Waals surface area contributed by atoms with Gasteiger partial charge in [-0.15, -0.1) is 6.58 Å². The van der Waals surface area contributed by atoms with Crippen molar-refractivity contribution >= 4 is 15.9 Å². The highest BCUT2D eigenvalue weighted by Crippen LogP contribution is 2.30. The Bertz CT molecular complexity index is 711. The maximum absolute atomic E-state index is 12.6. The van der Waals surface area contributed by atoms with Crippen molar-refractivity contribution in [1.29, 1.82) is 0 Å². The number of carbonyl (C=O) groups excluding carboxylic acids is 1. The fourth-order valence-electron chi connectivity index (χ4n) is 3.03. The topological polar surface area (TPSA) is 63.2 Å². The summed E-state index contributed by atoms with van der Waals surface area (Å²) in [6, 6.07) is 6.46. The van der Waals surface area contributed by atoms with Crippen LogP contribution in [0, 0.1) is 12.8 Å². The zero-order valence-corrected chi connectivity index (χ0v) is 14.9. The predicted octanol–water partition coefficient (Wildman–Crippen LogP) is 3.88. The van der Waals surface area contributed by atoms with E-state index < -0.39 is 15.9 Å². The van der Waals surface area contributed by atoms with Crippen molar-refractivity contribution in [3.63, 3.8) is 0 Å². The van der Waals surface area contributed by atoms with Gasteiger partial charge in [-0.2, -0.15) is 0 Å². The highest BCUT2D eigenvalue weighted by atomic mass is 32.2. The van der Waals surface area contributed by atoms with Crippen molar-refractivity contribution in [2.45, 2.75) is 50.3 Å². The standard InChI is InChI=1S/C19H25NO3S/c1-3-4-10-18(16-8-6-5-7-9-16)19(21)20-24(22,23)17-13-11-15(2)12-14-17/h3,10-14,16H,1,4-9H2,2H3,(H,20,21)/b18-10-. The van der Waals surface area contributed by atoms with Gasteiger partial charge < -0.3 is 0 Å². The molecular weight excluding hydrogens is 322 g/mol. The summed E-state index contributed by atoms with van der Waals surface area (Å²) in [5, 5.41) is 0. The maximum Gasteiger partial charge on any atom is 0.264 e. The van der Waals surface area contributed by atoms with E-state index >= 15 is 0 Å². The van der Waals surface area contributed by atoms with Gasteiger partial charge in [0.2, 0.25) is 0 Å². The molecule has 1 aliphatic rings. The van der Waals surface area contributed by atoms with E-state index in [0.717, 1.165) is 31.2 Å². The van der Waals surface area contributed by atoms with Gasteiger partial charge in [0.05, 0.1) is 4.90 Å². The van der Waals surface area contributed by atoms with Crippen LogP contribution in [-0.4, -0.2) is 14.3 Å². The van der Waals surface area contributed by atoms with E-state index in [1.54, 1.807) is 18.2 Å². The van der Waals surface area contributed by atoms with E-state index in [-0.39, 0.29) is 10.8 Å². The van der Waals surface area contributed by atoms with E-state index in [0.29, 0.717) is 12.0 Å². The van der Waals surface area contributed by atoms with Gasteiger partial charge in [0.15, 0.2) is 0 Å². The van der Waals surface area contributed by atoms with E-state index in [1.807, 2.05) is 13.0 Å². The summed E-state index contributed by atoms with van der Waals surface area (Å²) in [6.07, 6.45) is 9.27. The number of rotatable bonds is 6. The van der Waals surface area contributed by atoms with Crippen LogP contribution in [0.4, 0.5) is 0 Å². The monoisotopic (exact) mass is 347 g/mol. The van der Waals surface area contributed by atoms with Gasteiger partial charge in [-0.3, -0.25) is 4.79 Å². The van der Waals surface area contributed by atoms with Crippen molar-refractivity contribution in [3.8, 4) is 0 Å². The van der Waals surface area contributed by atoms with Gasteiger partial charge in [-0.1, -0.05) is 49.1 Å². The lowest BCUT2D eigenvalue weighted by Gasteiger charge is -2.24. The average molecular weight is 347 g/mol. The van der Waals surface area contributed by atoms with Crippen LogP contribution < -0.4 is 4.72 Å². The number of hydrogen-bond acceptors (Lipinski definition) is 3. The third-order valence-electron chi connectivity index (χ3n) is 4.37. The highest BCUT2D eigenvalue weighted by molar-refractivity contribution is 7.90. The molecule has 0 saturated heterocycles. The Morgan fingerprint density at radius 2 is 1.83 bits per heavy atom. The van der Waals surface area contributed by atoms with Crippen LogP contribution >= 0.6 is 0 Å². The summed E-state index contributed by atoms with van der Waals surface area (Å²) in [7, 11) is -3.85. The summed E-state index contributed by atoms with van der Waals surface area (Å²) < 4.78 is 27.1. The molecule has 0 radical (unpaired) electrons. The Morgan fingerprint density at radius 1 is 1.21 bits per heavy atom. The Labute approximate surface area is 144 Å². The molecule has 1 fully saturated rings. The van der Waals surface area contributed by atoms with Crippen LogP contribution in [0.5, 0.6) is 0 Å². The number of amides is 1. The second-order valence-electron chi connectivity index (χ2n) is 6.27. The molecule has 24 heavy (non-hydrogen) atoms. The molecule has 0 aliphatic heterocycles. The van der Waals surface area contributed by atoms with Crippen LogP contribution in [0.25, 0.3) is 0 Å². The normalized spacial score (nSPS) is 16.6. The Hall–Kier alpha value is -1.88. The lowest BCUT2D eigenvalue weighted by Crippen LogP contribution is -2.34. The number of hydrogen-bond donors (Lipinski definition) is 1. The number of sulfonamides is 1. The summed E-state index contributed by atoms with van der Waals surface area (Å²) in [5.74, 6) is -0.378. The zero-order chi connectivity index (χ0) is 17.6. The lowest BCUT2D eigenvalue weighted by molar-refractivity contribution is -0.116. The molecule has 4 nitrogen and oxygen atoms in total. The Balaban J connectivity index is 2.19. The summed E-state index contributed by atoms with van der Waals surface area (Å²) >= 11 is 0. The van der Waals surface area contributed by atoms with Gasteiger partial charge in [-0.05, 0) is 44.2 Å². The molecule has 0 heterocycles. The van der Waals surface area contributed by atoms with Crippen LogP contribution in [0.1, 0.15) is 44.1 Å². The van der Waals surface area contributed by atoms with Crippen molar-refractivity contribution < 1.29 is 13.2 Å². The van der Waals surface area contributed by atoms with Crippen molar-refractivity contribution in [3.05, 3.63) is 54.1 Å². The third-order valence-corrected chi connectivity index (χ3v) is 5.72. The molecule has 0 bridgehead atoms. The fraction of sp³-hybridized carbons (Fsp3) is 0.421. The van der Waals surface area contributed by atoms with E-state index in [4.69, 9.17) is 0 Å². The molecule has 1 saturated carbocycles. The highest BCUT2D eigenvalue weighted by Gasteiger charge is 2.26. The van der Waals surface area contributed by atoms with Gasteiger partial charge in [0, 0.05) is 5.57 Å². The summed E-state index contributed by atoms with van der Waals surface area (Å²) in [6.45, 7) is 5.56. The molecule has 1 amide bonds. The molecule has 1 N–H and O–H groups in total. The molecule has 0 atom stereocenters. The molecular formula is C19H25NO3S.